The monoisotopic (exact) mass is 372 g/mol. The van der Waals surface area contributed by atoms with Gasteiger partial charge in [0.2, 0.25) is 0 Å². The number of benzene rings is 3. The van der Waals surface area contributed by atoms with E-state index in [0.29, 0.717) is 0 Å². The molecule has 0 spiro atoms. The topological polar surface area (TPSA) is 25.8 Å². The van der Waals surface area contributed by atoms with Crippen molar-refractivity contribution in [1.82, 2.24) is 9.97 Å². The number of hydrogen-bond donors (Lipinski definition) is 0. The molecule has 0 aliphatic rings. The summed E-state index contributed by atoms with van der Waals surface area (Å²) in [5.74, 6) is 0. The predicted molar refractivity (Wildman–Crippen MR) is 120 cm³/mol. The fourth-order valence-electron chi connectivity index (χ4n) is 3.78. The van der Waals surface area contributed by atoms with Crippen LogP contribution < -0.4 is 0 Å². The van der Waals surface area contributed by atoms with Crippen LogP contribution in [0.2, 0.25) is 0 Å². The van der Waals surface area contributed by atoms with Gasteiger partial charge in [0.25, 0.3) is 0 Å². The van der Waals surface area contributed by atoms with Gasteiger partial charge in [-0.1, -0.05) is 72.8 Å². The van der Waals surface area contributed by atoms with Gasteiger partial charge in [0, 0.05) is 23.3 Å². The van der Waals surface area contributed by atoms with Crippen molar-refractivity contribution in [3.05, 3.63) is 121 Å². The van der Waals surface area contributed by atoms with Gasteiger partial charge in [0.05, 0.1) is 11.2 Å². The summed E-state index contributed by atoms with van der Waals surface area (Å²) in [6.45, 7) is 0. The molecule has 0 aliphatic heterocycles. The van der Waals surface area contributed by atoms with Crippen LogP contribution in [0, 0.1) is 0 Å². The zero-order valence-electron chi connectivity index (χ0n) is 16.0. The van der Waals surface area contributed by atoms with Crippen LogP contribution in [0.4, 0.5) is 0 Å². The van der Waals surface area contributed by atoms with Crippen molar-refractivity contribution in [3.8, 4) is 22.4 Å². The molecule has 0 amide bonds. The SMILES string of the molecule is c1ccc(-c2cccc(-c3cccc(Cc4cccc5cccnc45)c3)c2)nc1. The summed E-state index contributed by atoms with van der Waals surface area (Å²) in [4.78, 5) is 9.08. The molecule has 5 aromatic rings. The third kappa shape index (κ3) is 3.65. The fourth-order valence-corrected chi connectivity index (χ4v) is 3.78. The molecular formula is C27H20N2. The highest BCUT2D eigenvalue weighted by Crippen LogP contribution is 2.27. The summed E-state index contributed by atoms with van der Waals surface area (Å²) >= 11 is 0. The summed E-state index contributed by atoms with van der Waals surface area (Å²) < 4.78 is 0. The predicted octanol–water partition coefficient (Wildman–Crippen LogP) is 6.55. The molecule has 0 aliphatic carbocycles. The Balaban J connectivity index is 1.49. The zero-order chi connectivity index (χ0) is 19.5. The quantitative estimate of drug-likeness (QED) is 0.357. The van der Waals surface area contributed by atoms with Gasteiger partial charge in [-0.25, -0.2) is 0 Å². The van der Waals surface area contributed by atoms with E-state index in [1.54, 1.807) is 0 Å². The second kappa shape index (κ2) is 7.69. The molecule has 2 heterocycles. The number of fused-ring (bicyclic) bond motifs is 1. The molecule has 0 radical (unpaired) electrons. The van der Waals surface area contributed by atoms with E-state index in [9.17, 15) is 0 Å². The molecule has 2 nitrogen and oxygen atoms in total. The van der Waals surface area contributed by atoms with Gasteiger partial charge in [-0.15, -0.1) is 0 Å². The summed E-state index contributed by atoms with van der Waals surface area (Å²) in [5, 5.41) is 1.18. The van der Waals surface area contributed by atoms with Gasteiger partial charge in [-0.3, -0.25) is 9.97 Å². The Hall–Kier alpha value is -3.78. The molecular weight excluding hydrogens is 352 g/mol. The maximum atomic E-state index is 4.60. The highest BCUT2D eigenvalue weighted by molar-refractivity contribution is 5.82. The van der Waals surface area contributed by atoms with Crippen LogP contribution in [0.1, 0.15) is 11.1 Å². The molecule has 0 fully saturated rings. The van der Waals surface area contributed by atoms with Gasteiger partial charge in [-0.05, 0) is 52.9 Å². The van der Waals surface area contributed by atoms with Crippen LogP contribution in [-0.2, 0) is 6.42 Å². The maximum Gasteiger partial charge on any atom is 0.0737 e. The molecule has 0 N–H and O–H groups in total. The summed E-state index contributed by atoms with van der Waals surface area (Å²) in [7, 11) is 0. The first-order chi connectivity index (χ1) is 14.4. The summed E-state index contributed by atoms with van der Waals surface area (Å²) in [6.07, 6.45) is 4.56. The number of hydrogen-bond acceptors (Lipinski definition) is 2. The molecule has 3 aromatic carbocycles. The van der Waals surface area contributed by atoms with Crippen molar-refractivity contribution in [2.24, 2.45) is 0 Å². The number of aromatic nitrogens is 2. The first-order valence-electron chi connectivity index (χ1n) is 9.80. The Kier molecular flexibility index (Phi) is 4.59. The van der Waals surface area contributed by atoms with Crippen molar-refractivity contribution in [2.45, 2.75) is 6.42 Å². The lowest BCUT2D eigenvalue weighted by Crippen LogP contribution is -1.92. The number of rotatable bonds is 4. The third-order valence-electron chi connectivity index (χ3n) is 5.19. The van der Waals surface area contributed by atoms with Gasteiger partial charge >= 0.3 is 0 Å². The Bertz CT molecular complexity index is 1270. The Morgan fingerprint density at radius 2 is 1.31 bits per heavy atom. The first kappa shape index (κ1) is 17.3. The minimum atomic E-state index is 0.863. The number of para-hydroxylation sites is 1. The van der Waals surface area contributed by atoms with Crippen molar-refractivity contribution in [3.63, 3.8) is 0 Å². The zero-order valence-corrected chi connectivity index (χ0v) is 16.0. The second-order valence-corrected chi connectivity index (χ2v) is 7.17. The van der Waals surface area contributed by atoms with Gasteiger partial charge in [0.15, 0.2) is 0 Å². The van der Waals surface area contributed by atoms with E-state index in [2.05, 4.69) is 82.8 Å². The lowest BCUT2D eigenvalue weighted by molar-refractivity contribution is 1.19. The van der Waals surface area contributed by atoms with Crippen LogP contribution in [0.25, 0.3) is 33.3 Å². The van der Waals surface area contributed by atoms with Crippen molar-refractivity contribution in [2.75, 3.05) is 0 Å². The smallest absolute Gasteiger partial charge is 0.0737 e. The van der Waals surface area contributed by atoms with Crippen LogP contribution in [0.3, 0.4) is 0 Å². The van der Waals surface area contributed by atoms with Gasteiger partial charge in [-0.2, -0.15) is 0 Å². The highest BCUT2D eigenvalue weighted by Gasteiger charge is 2.06. The van der Waals surface area contributed by atoms with Crippen LogP contribution in [-0.4, -0.2) is 9.97 Å². The highest BCUT2D eigenvalue weighted by atomic mass is 14.7. The Morgan fingerprint density at radius 3 is 2.21 bits per heavy atom. The molecule has 2 heteroatoms. The molecule has 29 heavy (non-hydrogen) atoms. The van der Waals surface area contributed by atoms with Crippen molar-refractivity contribution in [1.29, 1.82) is 0 Å². The summed E-state index contributed by atoms with van der Waals surface area (Å²) in [5.41, 5.74) is 8.16. The molecule has 0 saturated heterocycles. The first-order valence-corrected chi connectivity index (χ1v) is 9.80. The van der Waals surface area contributed by atoms with Crippen molar-refractivity contribution < 1.29 is 0 Å². The molecule has 0 atom stereocenters. The fraction of sp³-hybridized carbons (Fsp3) is 0.0370. The minimum Gasteiger partial charge on any atom is -0.256 e. The van der Waals surface area contributed by atoms with E-state index in [0.717, 1.165) is 23.2 Å². The maximum absolute atomic E-state index is 4.60. The normalized spacial score (nSPS) is 10.9. The molecule has 2 aromatic heterocycles. The molecule has 138 valence electrons. The Morgan fingerprint density at radius 1 is 0.552 bits per heavy atom. The Labute approximate surface area is 170 Å². The van der Waals surface area contributed by atoms with Crippen LogP contribution in [0.15, 0.2) is 109 Å². The average Bonchev–Trinajstić information content (AvgIpc) is 2.80. The molecule has 0 saturated carbocycles. The van der Waals surface area contributed by atoms with E-state index < -0.39 is 0 Å². The van der Waals surface area contributed by atoms with E-state index in [1.165, 1.54) is 27.6 Å². The van der Waals surface area contributed by atoms with E-state index in [4.69, 9.17) is 0 Å². The standard InChI is InChI=1S/C27H20N2/c1-2-15-28-26(14-1)24-11-5-10-23(19-24)22-9-3-7-20(17-22)18-25-12-4-8-21-13-6-16-29-27(21)25/h1-17,19H,18H2. The number of nitrogens with zero attached hydrogens (tertiary/aromatic N) is 2. The molecule has 5 rings (SSSR count). The van der Waals surface area contributed by atoms with Crippen molar-refractivity contribution >= 4 is 10.9 Å². The number of pyridine rings is 2. The van der Waals surface area contributed by atoms with Crippen LogP contribution in [0.5, 0.6) is 0 Å². The molecule has 0 bridgehead atoms. The van der Waals surface area contributed by atoms with E-state index in [1.807, 2.05) is 36.7 Å². The lowest BCUT2D eigenvalue weighted by Gasteiger charge is -2.09. The molecule has 0 unspecified atom stereocenters. The van der Waals surface area contributed by atoms with Crippen LogP contribution >= 0.6 is 0 Å². The third-order valence-corrected chi connectivity index (χ3v) is 5.19. The second-order valence-electron chi connectivity index (χ2n) is 7.17. The van der Waals surface area contributed by atoms with E-state index in [-0.39, 0.29) is 0 Å². The lowest BCUT2D eigenvalue weighted by atomic mass is 9.96. The minimum absolute atomic E-state index is 0.863. The largest absolute Gasteiger partial charge is 0.256 e. The summed E-state index contributed by atoms with van der Waals surface area (Å²) in [6, 6.07) is 33.9. The van der Waals surface area contributed by atoms with Gasteiger partial charge in [0.1, 0.15) is 0 Å². The average molecular weight is 372 g/mol. The van der Waals surface area contributed by atoms with E-state index >= 15 is 0 Å². The van der Waals surface area contributed by atoms with Gasteiger partial charge < -0.3 is 0 Å².